The zero-order valence-corrected chi connectivity index (χ0v) is 27.3. The second kappa shape index (κ2) is 10.5. The Morgan fingerprint density at radius 2 is 0.360 bits per heavy atom. The lowest BCUT2D eigenvalue weighted by atomic mass is 9.91. The predicted molar refractivity (Wildman–Crippen MR) is 216 cm³/mol. The normalized spacial score (nSPS) is 12.0. The molecule has 11 aromatic carbocycles. The molecule has 0 N–H and O–H groups in total. The highest BCUT2D eigenvalue weighted by Crippen LogP contribution is 2.39. The van der Waals surface area contributed by atoms with Gasteiger partial charge in [0.25, 0.3) is 0 Å². The Morgan fingerprint density at radius 1 is 0.160 bits per heavy atom. The Morgan fingerprint density at radius 3 is 0.620 bits per heavy atom. The van der Waals surface area contributed by atoms with Crippen LogP contribution in [0, 0.1) is 0 Å². The summed E-state index contributed by atoms with van der Waals surface area (Å²) in [5, 5.41) is 15.9. The van der Waals surface area contributed by atoms with Crippen LogP contribution in [-0.2, 0) is 0 Å². The third kappa shape index (κ3) is 4.19. The molecule has 0 aliphatic carbocycles. The Balaban J connectivity index is 0.865. The summed E-state index contributed by atoms with van der Waals surface area (Å²) in [6.45, 7) is 0. The maximum atomic E-state index is 2.34. The zero-order valence-electron chi connectivity index (χ0n) is 27.3. The molecule has 0 aliphatic heterocycles. The minimum Gasteiger partial charge on any atom is -0.0610 e. The van der Waals surface area contributed by atoms with Gasteiger partial charge in [-0.2, -0.15) is 0 Å². The highest BCUT2D eigenvalue weighted by molar-refractivity contribution is 6.25. The minimum absolute atomic E-state index is 1.22. The molecule has 11 rings (SSSR count). The van der Waals surface area contributed by atoms with Crippen molar-refractivity contribution in [3.05, 3.63) is 182 Å². The van der Waals surface area contributed by atoms with Gasteiger partial charge in [-0.05, 0) is 133 Å². The molecule has 50 heavy (non-hydrogen) atoms. The fourth-order valence-corrected chi connectivity index (χ4v) is 8.41. The van der Waals surface area contributed by atoms with Gasteiger partial charge in [0.05, 0.1) is 0 Å². The Kier molecular flexibility index (Phi) is 5.76. The lowest BCUT2D eigenvalue weighted by molar-refractivity contribution is 1.58. The first-order valence-electron chi connectivity index (χ1n) is 17.4. The molecule has 0 fully saturated rings. The van der Waals surface area contributed by atoms with Crippen LogP contribution in [0.5, 0.6) is 0 Å². The number of hydrogen-bond donors (Lipinski definition) is 0. The molecule has 0 bridgehead atoms. The summed E-state index contributed by atoms with van der Waals surface area (Å²) >= 11 is 0. The SMILES string of the molecule is c1cc2ccc3cc(-c4ccc(-c5ccc(-c6ccc(-c7cc8ccc9cccc%10ccc(c7)c8c9%10)cc6)cc5)cc4)cc4ccc(c1)c2c34. The van der Waals surface area contributed by atoms with Crippen LogP contribution in [-0.4, -0.2) is 0 Å². The van der Waals surface area contributed by atoms with Gasteiger partial charge in [0.2, 0.25) is 0 Å². The molecule has 0 spiro atoms. The van der Waals surface area contributed by atoms with Gasteiger partial charge in [0.1, 0.15) is 0 Å². The van der Waals surface area contributed by atoms with Crippen LogP contribution in [0.2, 0.25) is 0 Å². The van der Waals surface area contributed by atoms with E-state index in [-0.39, 0.29) is 0 Å². The molecule has 0 saturated heterocycles. The van der Waals surface area contributed by atoms with E-state index in [1.807, 2.05) is 0 Å². The molecular formula is C50H30. The third-order valence-corrected chi connectivity index (χ3v) is 10.9. The maximum absolute atomic E-state index is 2.34. The fourth-order valence-electron chi connectivity index (χ4n) is 8.41. The molecule has 11 aromatic rings. The topological polar surface area (TPSA) is 0 Å². The van der Waals surface area contributed by atoms with Gasteiger partial charge in [0.15, 0.2) is 0 Å². The molecule has 0 heterocycles. The van der Waals surface area contributed by atoms with Crippen molar-refractivity contribution >= 4 is 64.6 Å². The molecule has 0 nitrogen and oxygen atoms in total. The average molecular weight is 631 g/mol. The largest absolute Gasteiger partial charge is 0.0610 e. The fraction of sp³-hybridized carbons (Fsp3) is 0. The average Bonchev–Trinajstić information content (AvgIpc) is 3.19. The van der Waals surface area contributed by atoms with Crippen LogP contribution >= 0.6 is 0 Å². The van der Waals surface area contributed by atoms with E-state index < -0.39 is 0 Å². The lowest BCUT2D eigenvalue weighted by Gasteiger charge is -2.13. The molecule has 0 heteroatoms. The van der Waals surface area contributed by atoms with Crippen molar-refractivity contribution in [3.8, 4) is 44.5 Å². The smallest absolute Gasteiger partial charge is 0.00264 e. The van der Waals surface area contributed by atoms with Gasteiger partial charge < -0.3 is 0 Å². The van der Waals surface area contributed by atoms with Crippen LogP contribution in [0.1, 0.15) is 0 Å². The van der Waals surface area contributed by atoms with Crippen molar-refractivity contribution in [2.45, 2.75) is 0 Å². The molecule has 0 atom stereocenters. The first-order valence-corrected chi connectivity index (χ1v) is 17.4. The van der Waals surface area contributed by atoms with Crippen LogP contribution in [0.25, 0.3) is 109 Å². The van der Waals surface area contributed by atoms with Gasteiger partial charge in [-0.25, -0.2) is 0 Å². The van der Waals surface area contributed by atoms with Gasteiger partial charge in [-0.3, -0.25) is 0 Å². The molecule has 0 radical (unpaired) electrons. The molecule has 0 saturated carbocycles. The first-order chi connectivity index (χ1) is 24.7. The molecule has 0 unspecified atom stereocenters. The Hall–Kier alpha value is -6.50. The van der Waals surface area contributed by atoms with Gasteiger partial charge >= 0.3 is 0 Å². The van der Waals surface area contributed by atoms with E-state index >= 15 is 0 Å². The van der Waals surface area contributed by atoms with Crippen LogP contribution in [0.3, 0.4) is 0 Å². The van der Waals surface area contributed by atoms with Crippen molar-refractivity contribution in [2.24, 2.45) is 0 Å². The van der Waals surface area contributed by atoms with Crippen molar-refractivity contribution < 1.29 is 0 Å². The van der Waals surface area contributed by atoms with Crippen molar-refractivity contribution in [3.63, 3.8) is 0 Å². The Bertz CT molecular complexity index is 2700. The standard InChI is InChI=1S/C50H30/c1-3-37-19-23-41-27-45(28-42-24-20-38(4-1)47(37)49(41)42)35-15-11-33(12-16-35)31-7-9-32(10-8-31)34-13-17-36(18-14-34)46-29-43-25-21-39-5-2-6-40-22-26-44(30-46)50(43)48(39)40/h1-30H. The van der Waals surface area contributed by atoms with Crippen molar-refractivity contribution in [2.75, 3.05) is 0 Å². The number of benzene rings is 11. The summed E-state index contributed by atoms with van der Waals surface area (Å²) in [5.41, 5.74) is 9.88. The molecule has 0 aromatic heterocycles. The van der Waals surface area contributed by atoms with E-state index in [1.54, 1.807) is 0 Å². The minimum atomic E-state index is 1.22. The van der Waals surface area contributed by atoms with Gasteiger partial charge in [0, 0.05) is 0 Å². The summed E-state index contributed by atoms with van der Waals surface area (Å²) in [4.78, 5) is 0. The third-order valence-electron chi connectivity index (χ3n) is 10.9. The summed E-state index contributed by atoms with van der Waals surface area (Å²) in [6.07, 6.45) is 0. The highest BCUT2D eigenvalue weighted by atomic mass is 14.2. The first kappa shape index (κ1) is 27.5. The predicted octanol–water partition coefficient (Wildman–Crippen LogP) is 14.1. The van der Waals surface area contributed by atoms with E-state index in [1.165, 1.54) is 109 Å². The quantitative estimate of drug-likeness (QED) is 0.170. The van der Waals surface area contributed by atoms with Crippen LogP contribution in [0.15, 0.2) is 182 Å². The van der Waals surface area contributed by atoms with Gasteiger partial charge in [-0.1, -0.05) is 158 Å². The van der Waals surface area contributed by atoms with Crippen molar-refractivity contribution in [1.29, 1.82) is 0 Å². The summed E-state index contributed by atoms with van der Waals surface area (Å²) in [6, 6.07) is 67.6. The lowest BCUT2D eigenvalue weighted by Crippen LogP contribution is -1.86. The van der Waals surface area contributed by atoms with E-state index in [9.17, 15) is 0 Å². The Labute approximate surface area is 290 Å². The molecular weight excluding hydrogens is 601 g/mol. The number of rotatable bonds is 4. The molecule has 0 aliphatic rings. The summed E-state index contributed by atoms with van der Waals surface area (Å²) in [7, 11) is 0. The van der Waals surface area contributed by atoms with Crippen molar-refractivity contribution in [1.82, 2.24) is 0 Å². The van der Waals surface area contributed by atoms with E-state index in [0.29, 0.717) is 0 Å². The highest BCUT2D eigenvalue weighted by Gasteiger charge is 2.12. The van der Waals surface area contributed by atoms with Gasteiger partial charge in [-0.15, -0.1) is 0 Å². The summed E-state index contributed by atoms with van der Waals surface area (Å²) < 4.78 is 0. The van der Waals surface area contributed by atoms with E-state index in [4.69, 9.17) is 0 Å². The summed E-state index contributed by atoms with van der Waals surface area (Å²) in [5.74, 6) is 0. The van der Waals surface area contributed by atoms with Crippen LogP contribution < -0.4 is 0 Å². The van der Waals surface area contributed by atoms with E-state index in [2.05, 4.69) is 182 Å². The van der Waals surface area contributed by atoms with E-state index in [0.717, 1.165) is 0 Å². The molecule has 0 amide bonds. The number of hydrogen-bond acceptors (Lipinski definition) is 0. The maximum Gasteiger partial charge on any atom is -0.00264 e. The second-order valence-corrected chi connectivity index (χ2v) is 13.7. The molecule has 230 valence electrons. The second-order valence-electron chi connectivity index (χ2n) is 13.7. The van der Waals surface area contributed by atoms with Crippen LogP contribution in [0.4, 0.5) is 0 Å². The monoisotopic (exact) mass is 630 g/mol. The zero-order chi connectivity index (χ0) is 32.8.